The van der Waals surface area contributed by atoms with Crippen LogP contribution in [0.5, 0.6) is 0 Å². The Morgan fingerprint density at radius 3 is 2.34 bits per heavy atom. The molecule has 29 heavy (non-hydrogen) atoms. The smallest absolute Gasteiger partial charge is 0.255 e. The topological polar surface area (TPSA) is 76.4 Å². The summed E-state index contributed by atoms with van der Waals surface area (Å²) in [6.45, 7) is 3.16. The number of piperazine rings is 1. The monoisotopic (exact) mass is 430 g/mol. The van der Waals surface area contributed by atoms with Crippen LogP contribution in [0.15, 0.2) is 42.5 Å². The summed E-state index contributed by atoms with van der Waals surface area (Å²) in [6, 6.07) is 13.7. The SMILES string of the molecule is N#Cc1ccc(NC(=O)CCN2CCN(C(=O)c3ccc(Cl)cc3Cl)CC2)cc1. The Hall–Kier alpha value is -2.59. The molecule has 1 aliphatic heterocycles. The van der Waals surface area contributed by atoms with Crippen LogP contribution in [0.1, 0.15) is 22.3 Å². The van der Waals surface area contributed by atoms with Gasteiger partial charge in [-0.2, -0.15) is 5.26 Å². The van der Waals surface area contributed by atoms with Gasteiger partial charge in [0.1, 0.15) is 0 Å². The molecule has 1 saturated heterocycles. The summed E-state index contributed by atoms with van der Waals surface area (Å²) >= 11 is 12.0. The number of nitrogens with one attached hydrogen (secondary N) is 1. The first-order valence-corrected chi connectivity index (χ1v) is 9.98. The van der Waals surface area contributed by atoms with Crippen molar-refractivity contribution in [3.05, 3.63) is 63.6 Å². The Labute approximate surface area is 179 Å². The van der Waals surface area contributed by atoms with Crippen LogP contribution in [-0.4, -0.2) is 54.3 Å². The molecule has 0 bridgehead atoms. The molecule has 0 radical (unpaired) electrons. The lowest BCUT2D eigenvalue weighted by Crippen LogP contribution is -2.49. The molecular weight excluding hydrogens is 411 g/mol. The lowest BCUT2D eigenvalue weighted by molar-refractivity contribution is -0.116. The summed E-state index contributed by atoms with van der Waals surface area (Å²) in [5.74, 6) is -0.189. The summed E-state index contributed by atoms with van der Waals surface area (Å²) < 4.78 is 0. The lowest BCUT2D eigenvalue weighted by Gasteiger charge is -2.34. The van der Waals surface area contributed by atoms with Crippen LogP contribution >= 0.6 is 23.2 Å². The van der Waals surface area contributed by atoms with E-state index in [9.17, 15) is 9.59 Å². The van der Waals surface area contributed by atoms with E-state index < -0.39 is 0 Å². The van der Waals surface area contributed by atoms with Gasteiger partial charge in [-0.05, 0) is 42.5 Å². The Bertz CT molecular complexity index is 933. The van der Waals surface area contributed by atoms with Crippen molar-refractivity contribution in [2.45, 2.75) is 6.42 Å². The van der Waals surface area contributed by atoms with E-state index in [-0.39, 0.29) is 11.8 Å². The zero-order chi connectivity index (χ0) is 20.8. The van der Waals surface area contributed by atoms with E-state index in [4.69, 9.17) is 28.5 Å². The third kappa shape index (κ3) is 5.70. The number of nitrogens with zero attached hydrogens (tertiary/aromatic N) is 3. The van der Waals surface area contributed by atoms with Crippen LogP contribution in [0.3, 0.4) is 0 Å². The van der Waals surface area contributed by atoms with E-state index in [1.807, 2.05) is 6.07 Å². The standard InChI is InChI=1S/C21H20Cl2N4O2/c22-16-3-6-18(19(23)13-16)21(29)27-11-9-26(10-12-27)8-7-20(28)25-17-4-1-15(14-24)2-5-17/h1-6,13H,7-12H2,(H,25,28). The van der Waals surface area contributed by atoms with Gasteiger partial charge in [0.15, 0.2) is 0 Å². The fourth-order valence-corrected chi connectivity index (χ4v) is 3.61. The van der Waals surface area contributed by atoms with Crippen LogP contribution in [0, 0.1) is 11.3 Å². The number of hydrogen-bond donors (Lipinski definition) is 1. The molecule has 0 aliphatic carbocycles. The normalized spacial score (nSPS) is 14.3. The van der Waals surface area contributed by atoms with Crippen LogP contribution < -0.4 is 5.32 Å². The molecule has 8 heteroatoms. The summed E-state index contributed by atoms with van der Waals surface area (Å²) in [7, 11) is 0. The van der Waals surface area contributed by atoms with Gasteiger partial charge in [0.25, 0.3) is 5.91 Å². The number of amides is 2. The second-order valence-electron chi connectivity index (χ2n) is 6.75. The maximum Gasteiger partial charge on any atom is 0.255 e. The van der Waals surface area contributed by atoms with Crippen molar-refractivity contribution in [3.63, 3.8) is 0 Å². The van der Waals surface area contributed by atoms with Crippen molar-refractivity contribution in [2.24, 2.45) is 0 Å². The van der Waals surface area contributed by atoms with Gasteiger partial charge in [-0.3, -0.25) is 14.5 Å². The number of rotatable bonds is 5. The Morgan fingerprint density at radius 1 is 1.03 bits per heavy atom. The first-order valence-electron chi connectivity index (χ1n) is 9.23. The fourth-order valence-electron chi connectivity index (χ4n) is 3.12. The van der Waals surface area contributed by atoms with E-state index in [2.05, 4.69) is 10.2 Å². The lowest BCUT2D eigenvalue weighted by atomic mass is 10.1. The summed E-state index contributed by atoms with van der Waals surface area (Å²) in [6.07, 6.45) is 0.358. The molecule has 0 spiro atoms. The first kappa shape index (κ1) is 21.1. The predicted octanol–water partition coefficient (Wildman–Crippen LogP) is 3.65. The zero-order valence-corrected chi connectivity index (χ0v) is 17.2. The summed E-state index contributed by atoms with van der Waals surface area (Å²) in [5.41, 5.74) is 1.67. The van der Waals surface area contributed by atoms with Gasteiger partial charge in [-0.1, -0.05) is 23.2 Å². The summed E-state index contributed by atoms with van der Waals surface area (Å²) in [4.78, 5) is 28.7. The van der Waals surface area contributed by atoms with Gasteiger partial charge < -0.3 is 10.2 Å². The highest BCUT2D eigenvalue weighted by molar-refractivity contribution is 6.36. The molecule has 0 saturated carbocycles. The molecule has 3 rings (SSSR count). The third-order valence-electron chi connectivity index (χ3n) is 4.77. The van der Waals surface area contributed by atoms with Gasteiger partial charge in [-0.25, -0.2) is 0 Å². The van der Waals surface area contributed by atoms with Crippen LogP contribution in [0.2, 0.25) is 10.0 Å². The molecule has 1 heterocycles. The largest absolute Gasteiger partial charge is 0.336 e. The third-order valence-corrected chi connectivity index (χ3v) is 5.32. The molecule has 2 amide bonds. The van der Waals surface area contributed by atoms with E-state index in [1.165, 1.54) is 0 Å². The Kier molecular flexibility index (Phi) is 7.10. The van der Waals surface area contributed by atoms with Crippen LogP contribution in [-0.2, 0) is 4.79 Å². The second kappa shape index (κ2) is 9.75. The highest BCUT2D eigenvalue weighted by atomic mass is 35.5. The molecule has 2 aromatic carbocycles. The average molecular weight is 431 g/mol. The maximum absolute atomic E-state index is 12.6. The van der Waals surface area contributed by atoms with Gasteiger partial charge >= 0.3 is 0 Å². The quantitative estimate of drug-likeness (QED) is 0.784. The number of anilines is 1. The number of carbonyl (C=O) groups is 2. The van der Waals surface area contributed by atoms with Gasteiger partial charge in [0.05, 0.1) is 22.2 Å². The minimum atomic E-state index is -0.107. The average Bonchev–Trinajstić information content (AvgIpc) is 2.73. The van der Waals surface area contributed by atoms with E-state index in [0.717, 1.165) is 0 Å². The molecule has 1 aliphatic rings. The van der Waals surface area contributed by atoms with Gasteiger partial charge in [0, 0.05) is 49.9 Å². The molecule has 2 aromatic rings. The first-order chi connectivity index (χ1) is 14.0. The van der Waals surface area contributed by atoms with E-state index >= 15 is 0 Å². The molecule has 0 unspecified atom stereocenters. The molecule has 1 fully saturated rings. The highest BCUT2D eigenvalue weighted by Gasteiger charge is 2.23. The summed E-state index contributed by atoms with van der Waals surface area (Å²) in [5, 5.41) is 12.5. The number of carbonyl (C=O) groups excluding carboxylic acids is 2. The van der Waals surface area contributed by atoms with E-state index in [1.54, 1.807) is 47.4 Å². The van der Waals surface area contributed by atoms with Crippen molar-refractivity contribution in [1.82, 2.24) is 9.80 Å². The van der Waals surface area contributed by atoms with Crippen molar-refractivity contribution in [1.29, 1.82) is 5.26 Å². The van der Waals surface area contributed by atoms with Gasteiger partial charge in [0.2, 0.25) is 5.91 Å². The minimum absolute atomic E-state index is 0.0823. The fraction of sp³-hybridized carbons (Fsp3) is 0.286. The number of nitriles is 1. The molecule has 0 atom stereocenters. The zero-order valence-electron chi connectivity index (χ0n) is 15.7. The Morgan fingerprint density at radius 2 is 1.72 bits per heavy atom. The maximum atomic E-state index is 12.6. The number of benzene rings is 2. The minimum Gasteiger partial charge on any atom is -0.336 e. The second-order valence-corrected chi connectivity index (χ2v) is 7.59. The van der Waals surface area contributed by atoms with Crippen molar-refractivity contribution in [3.8, 4) is 6.07 Å². The van der Waals surface area contributed by atoms with E-state index in [0.29, 0.717) is 66.0 Å². The molecule has 0 aromatic heterocycles. The van der Waals surface area contributed by atoms with Crippen molar-refractivity contribution >= 4 is 40.7 Å². The van der Waals surface area contributed by atoms with Crippen LogP contribution in [0.25, 0.3) is 0 Å². The number of halogens is 2. The van der Waals surface area contributed by atoms with Crippen molar-refractivity contribution in [2.75, 3.05) is 38.0 Å². The molecule has 1 N–H and O–H groups in total. The Balaban J connectivity index is 1.44. The van der Waals surface area contributed by atoms with Crippen LogP contribution in [0.4, 0.5) is 5.69 Å². The predicted molar refractivity (Wildman–Crippen MR) is 113 cm³/mol. The highest BCUT2D eigenvalue weighted by Crippen LogP contribution is 2.23. The number of hydrogen-bond acceptors (Lipinski definition) is 4. The molecular formula is C21H20Cl2N4O2. The van der Waals surface area contributed by atoms with Crippen molar-refractivity contribution < 1.29 is 9.59 Å². The molecule has 6 nitrogen and oxygen atoms in total. The van der Waals surface area contributed by atoms with Gasteiger partial charge in [-0.15, -0.1) is 0 Å². The molecule has 150 valence electrons.